The molecule has 2 aromatic rings. The maximum Gasteiger partial charge on any atom is 0.309 e. The van der Waals surface area contributed by atoms with Crippen LogP contribution in [0.1, 0.15) is 22.8 Å². The number of aromatic nitrogens is 2. The maximum absolute atomic E-state index is 10.8. The first-order chi connectivity index (χ1) is 10.0. The Labute approximate surface area is 122 Å². The summed E-state index contributed by atoms with van der Waals surface area (Å²) in [5, 5.41) is 8.83. The minimum Gasteiger partial charge on any atom is -0.493 e. The molecule has 0 aliphatic rings. The molecule has 21 heavy (non-hydrogen) atoms. The third-order valence-corrected chi connectivity index (χ3v) is 3.17. The molecule has 0 saturated carbocycles. The van der Waals surface area contributed by atoms with Crippen molar-refractivity contribution in [1.29, 1.82) is 0 Å². The van der Waals surface area contributed by atoms with Gasteiger partial charge in [0.2, 0.25) is 0 Å². The van der Waals surface area contributed by atoms with Gasteiger partial charge in [-0.1, -0.05) is 6.07 Å². The van der Waals surface area contributed by atoms with E-state index in [-0.39, 0.29) is 6.42 Å². The molecule has 0 amide bonds. The molecule has 1 aromatic heterocycles. The van der Waals surface area contributed by atoms with Gasteiger partial charge in [-0.3, -0.25) is 4.79 Å². The Balaban J connectivity index is 2.20. The van der Waals surface area contributed by atoms with Gasteiger partial charge in [0.1, 0.15) is 5.82 Å². The van der Waals surface area contributed by atoms with Crippen LogP contribution < -0.4 is 9.47 Å². The zero-order valence-electron chi connectivity index (χ0n) is 12.3. The summed E-state index contributed by atoms with van der Waals surface area (Å²) in [6.45, 7) is 1.82. The lowest BCUT2D eigenvalue weighted by atomic mass is 10.1. The van der Waals surface area contributed by atoms with Crippen LogP contribution in [0.25, 0.3) is 0 Å². The highest BCUT2D eigenvalue weighted by Crippen LogP contribution is 2.28. The topological polar surface area (TPSA) is 84.4 Å². The Morgan fingerprint density at radius 3 is 2.62 bits per heavy atom. The number of carboxylic acids is 1. The van der Waals surface area contributed by atoms with E-state index in [0.717, 1.165) is 17.1 Å². The second-order valence-corrected chi connectivity index (χ2v) is 4.69. The molecule has 0 saturated heterocycles. The number of hydrogen-bond donors (Lipinski definition) is 2. The highest BCUT2D eigenvalue weighted by atomic mass is 16.5. The first kappa shape index (κ1) is 14.9. The molecule has 6 nitrogen and oxygen atoms in total. The standard InChI is InChI=1S/C15H18N2O4/c1-9-11(8-15(18)19)17-14(16-9)7-10-4-5-12(20-2)13(6-10)21-3/h4-6H,7-8H2,1-3H3,(H,16,17)(H,18,19). The van der Waals surface area contributed by atoms with Crippen LogP contribution in [0.3, 0.4) is 0 Å². The van der Waals surface area contributed by atoms with Crippen LogP contribution >= 0.6 is 0 Å². The summed E-state index contributed by atoms with van der Waals surface area (Å²) in [6.07, 6.45) is 0.495. The summed E-state index contributed by atoms with van der Waals surface area (Å²) < 4.78 is 10.5. The number of methoxy groups -OCH3 is 2. The van der Waals surface area contributed by atoms with Gasteiger partial charge in [-0.05, 0) is 24.6 Å². The number of ether oxygens (including phenoxy) is 2. The summed E-state index contributed by atoms with van der Waals surface area (Å²) in [7, 11) is 3.18. The first-order valence-corrected chi connectivity index (χ1v) is 6.50. The number of aromatic amines is 1. The average Bonchev–Trinajstić information content (AvgIpc) is 2.77. The third kappa shape index (κ3) is 3.53. The van der Waals surface area contributed by atoms with E-state index in [4.69, 9.17) is 14.6 Å². The van der Waals surface area contributed by atoms with Crippen LogP contribution in [0.2, 0.25) is 0 Å². The van der Waals surface area contributed by atoms with Crippen LogP contribution in [-0.4, -0.2) is 35.3 Å². The van der Waals surface area contributed by atoms with Crippen molar-refractivity contribution in [2.45, 2.75) is 19.8 Å². The molecule has 0 radical (unpaired) electrons. The molecule has 112 valence electrons. The zero-order chi connectivity index (χ0) is 15.4. The number of hydrogen-bond acceptors (Lipinski definition) is 4. The second-order valence-electron chi connectivity index (χ2n) is 4.69. The summed E-state index contributed by atoms with van der Waals surface area (Å²) in [4.78, 5) is 18.2. The SMILES string of the molecule is COc1ccc(Cc2nc(CC(=O)O)c(C)[nH]2)cc1OC. The number of nitrogens with zero attached hydrogens (tertiary/aromatic N) is 1. The molecule has 1 aromatic carbocycles. The van der Waals surface area contributed by atoms with E-state index in [0.29, 0.717) is 23.6 Å². The van der Waals surface area contributed by atoms with Crippen molar-refractivity contribution >= 4 is 5.97 Å². The van der Waals surface area contributed by atoms with Gasteiger partial charge in [0, 0.05) is 12.1 Å². The normalized spacial score (nSPS) is 10.4. The van der Waals surface area contributed by atoms with Crippen molar-refractivity contribution in [3.05, 3.63) is 41.0 Å². The maximum atomic E-state index is 10.8. The molecule has 6 heteroatoms. The van der Waals surface area contributed by atoms with Gasteiger partial charge >= 0.3 is 5.97 Å². The number of imidazole rings is 1. The van der Waals surface area contributed by atoms with Crippen molar-refractivity contribution in [2.24, 2.45) is 0 Å². The minimum atomic E-state index is -0.887. The lowest BCUT2D eigenvalue weighted by Gasteiger charge is -2.08. The van der Waals surface area contributed by atoms with Crippen LogP contribution in [0.5, 0.6) is 11.5 Å². The minimum absolute atomic E-state index is 0.0751. The quantitative estimate of drug-likeness (QED) is 0.849. The molecular formula is C15H18N2O4. The number of H-pyrrole nitrogens is 1. The van der Waals surface area contributed by atoms with Gasteiger partial charge in [-0.25, -0.2) is 4.98 Å². The zero-order valence-corrected chi connectivity index (χ0v) is 12.3. The van der Waals surface area contributed by atoms with Gasteiger partial charge in [0.25, 0.3) is 0 Å². The second kappa shape index (κ2) is 6.30. The van der Waals surface area contributed by atoms with E-state index < -0.39 is 5.97 Å². The summed E-state index contributed by atoms with van der Waals surface area (Å²) in [6, 6.07) is 5.64. The van der Waals surface area contributed by atoms with Crippen LogP contribution in [-0.2, 0) is 17.6 Å². The summed E-state index contributed by atoms with van der Waals surface area (Å²) >= 11 is 0. The smallest absolute Gasteiger partial charge is 0.309 e. The highest BCUT2D eigenvalue weighted by molar-refractivity contribution is 5.69. The monoisotopic (exact) mass is 290 g/mol. The van der Waals surface area contributed by atoms with Crippen molar-refractivity contribution in [3.63, 3.8) is 0 Å². The Morgan fingerprint density at radius 1 is 1.29 bits per heavy atom. The number of nitrogens with one attached hydrogen (secondary N) is 1. The fourth-order valence-electron chi connectivity index (χ4n) is 2.15. The molecule has 2 rings (SSSR count). The molecule has 0 unspecified atom stereocenters. The number of aliphatic carboxylic acids is 1. The van der Waals surface area contributed by atoms with Crippen LogP contribution in [0.4, 0.5) is 0 Å². The highest BCUT2D eigenvalue weighted by Gasteiger charge is 2.12. The molecule has 0 bridgehead atoms. The van der Waals surface area contributed by atoms with Crippen molar-refractivity contribution < 1.29 is 19.4 Å². The Morgan fingerprint density at radius 2 is 2.00 bits per heavy atom. The average molecular weight is 290 g/mol. The number of benzene rings is 1. The molecule has 1 heterocycles. The van der Waals surface area contributed by atoms with Crippen LogP contribution in [0, 0.1) is 6.92 Å². The molecule has 0 spiro atoms. The lowest BCUT2D eigenvalue weighted by Crippen LogP contribution is -2.02. The third-order valence-electron chi connectivity index (χ3n) is 3.17. The van der Waals surface area contributed by atoms with Crippen molar-refractivity contribution in [3.8, 4) is 11.5 Å². The number of rotatable bonds is 6. The van der Waals surface area contributed by atoms with Gasteiger partial charge in [-0.2, -0.15) is 0 Å². The summed E-state index contributed by atoms with van der Waals surface area (Å²) in [5.74, 6) is 1.17. The van der Waals surface area contributed by atoms with Gasteiger partial charge in [0.05, 0.1) is 26.3 Å². The molecule has 0 aliphatic heterocycles. The molecule has 0 atom stereocenters. The first-order valence-electron chi connectivity index (χ1n) is 6.50. The van der Waals surface area contributed by atoms with E-state index in [9.17, 15) is 4.79 Å². The Bertz CT molecular complexity index is 649. The Hall–Kier alpha value is -2.50. The van der Waals surface area contributed by atoms with E-state index in [1.54, 1.807) is 14.2 Å². The number of carbonyl (C=O) groups is 1. The molecule has 0 aliphatic carbocycles. The van der Waals surface area contributed by atoms with Gasteiger partial charge in [0.15, 0.2) is 11.5 Å². The van der Waals surface area contributed by atoms with Crippen molar-refractivity contribution in [2.75, 3.05) is 14.2 Å². The van der Waals surface area contributed by atoms with Gasteiger partial charge in [-0.15, -0.1) is 0 Å². The predicted molar refractivity (Wildman–Crippen MR) is 77.0 cm³/mol. The molecular weight excluding hydrogens is 272 g/mol. The van der Waals surface area contributed by atoms with Crippen LogP contribution in [0.15, 0.2) is 18.2 Å². The summed E-state index contributed by atoms with van der Waals surface area (Å²) in [5.41, 5.74) is 2.36. The largest absolute Gasteiger partial charge is 0.493 e. The van der Waals surface area contributed by atoms with E-state index in [1.807, 2.05) is 25.1 Å². The molecule has 2 N–H and O–H groups in total. The number of aryl methyl sites for hydroxylation is 1. The fraction of sp³-hybridized carbons (Fsp3) is 0.333. The fourth-order valence-corrected chi connectivity index (χ4v) is 2.15. The van der Waals surface area contributed by atoms with Gasteiger partial charge < -0.3 is 19.6 Å². The predicted octanol–water partition coefficient (Wildman–Crippen LogP) is 1.95. The lowest BCUT2D eigenvalue weighted by molar-refractivity contribution is -0.136. The Kier molecular flexibility index (Phi) is 4.47. The van der Waals surface area contributed by atoms with Crippen molar-refractivity contribution in [1.82, 2.24) is 9.97 Å². The molecule has 0 fully saturated rings. The van der Waals surface area contributed by atoms with E-state index in [2.05, 4.69) is 9.97 Å². The number of carboxylic acid groups (broad SMARTS) is 1. The van der Waals surface area contributed by atoms with E-state index >= 15 is 0 Å². The van der Waals surface area contributed by atoms with E-state index in [1.165, 1.54) is 0 Å².